The number of benzene rings is 2. The number of amides is 2. The molecule has 2 unspecified atom stereocenters. The summed E-state index contributed by atoms with van der Waals surface area (Å²) in [5, 5.41) is 2.97. The molecule has 2 aliphatic rings. The number of nitrogens with one attached hydrogen (secondary N) is 1. The van der Waals surface area contributed by atoms with Gasteiger partial charge in [0.1, 0.15) is 0 Å². The number of halogens is 3. The maximum absolute atomic E-state index is 13.3. The van der Waals surface area contributed by atoms with Crippen molar-refractivity contribution in [1.29, 1.82) is 0 Å². The van der Waals surface area contributed by atoms with E-state index < -0.39 is 17.8 Å². The number of rotatable bonds is 5. The normalized spacial score (nSPS) is 19.8. The molecule has 4 rings (SSSR count). The van der Waals surface area contributed by atoms with Crippen LogP contribution in [0.4, 0.5) is 13.2 Å². The van der Waals surface area contributed by atoms with Gasteiger partial charge in [0.2, 0.25) is 11.8 Å². The predicted molar refractivity (Wildman–Crippen MR) is 110 cm³/mol. The Morgan fingerprint density at radius 3 is 2.65 bits per heavy atom. The molecular formula is C24H25F3N2O2. The van der Waals surface area contributed by atoms with E-state index in [-0.39, 0.29) is 24.3 Å². The molecule has 0 spiro atoms. The molecule has 2 aromatic rings. The fourth-order valence-electron chi connectivity index (χ4n) is 4.58. The summed E-state index contributed by atoms with van der Waals surface area (Å²) in [6.07, 6.45) is -0.832. The predicted octanol–water partition coefficient (Wildman–Crippen LogP) is 4.61. The number of fused-ring (bicyclic) bond motifs is 1. The summed E-state index contributed by atoms with van der Waals surface area (Å²) in [5.41, 5.74) is 1.71. The van der Waals surface area contributed by atoms with Crippen molar-refractivity contribution in [2.24, 2.45) is 0 Å². The molecule has 2 atom stereocenters. The Balaban J connectivity index is 1.61. The molecule has 0 saturated carbocycles. The number of nitrogens with zero attached hydrogens (tertiary/aromatic N) is 1. The monoisotopic (exact) mass is 430 g/mol. The van der Waals surface area contributed by atoms with Gasteiger partial charge >= 0.3 is 6.18 Å². The fourth-order valence-corrected chi connectivity index (χ4v) is 4.58. The molecule has 0 aromatic heterocycles. The third kappa shape index (κ3) is 4.75. The molecule has 1 fully saturated rings. The van der Waals surface area contributed by atoms with Gasteiger partial charge in [-0.15, -0.1) is 0 Å². The van der Waals surface area contributed by atoms with Gasteiger partial charge in [0.15, 0.2) is 0 Å². The molecule has 0 bridgehead atoms. The van der Waals surface area contributed by atoms with Gasteiger partial charge in [-0.25, -0.2) is 0 Å². The van der Waals surface area contributed by atoms with Crippen molar-refractivity contribution in [3.05, 3.63) is 70.8 Å². The van der Waals surface area contributed by atoms with Crippen molar-refractivity contribution in [2.75, 3.05) is 13.1 Å². The summed E-state index contributed by atoms with van der Waals surface area (Å²) in [4.78, 5) is 27.0. The number of alkyl halides is 3. The molecule has 1 heterocycles. The minimum Gasteiger partial charge on any atom is -0.347 e. The van der Waals surface area contributed by atoms with Crippen LogP contribution >= 0.6 is 0 Å². The zero-order valence-corrected chi connectivity index (χ0v) is 17.1. The maximum atomic E-state index is 13.3. The molecule has 4 nitrogen and oxygen atoms in total. The van der Waals surface area contributed by atoms with Gasteiger partial charge in [0.05, 0.1) is 17.5 Å². The van der Waals surface area contributed by atoms with E-state index >= 15 is 0 Å². The molecule has 1 aliphatic heterocycles. The van der Waals surface area contributed by atoms with Crippen molar-refractivity contribution in [3.8, 4) is 0 Å². The lowest BCUT2D eigenvalue weighted by atomic mass is 9.82. The summed E-state index contributed by atoms with van der Waals surface area (Å²) in [7, 11) is 0. The lowest BCUT2D eigenvalue weighted by Crippen LogP contribution is -2.41. The highest BCUT2D eigenvalue weighted by Crippen LogP contribution is 2.34. The van der Waals surface area contributed by atoms with E-state index in [1.165, 1.54) is 6.07 Å². The molecule has 2 aromatic carbocycles. The molecule has 2 amide bonds. The second-order valence-corrected chi connectivity index (χ2v) is 8.27. The number of carbonyl (C=O) groups excluding carboxylic acids is 2. The van der Waals surface area contributed by atoms with Gasteiger partial charge in [-0.3, -0.25) is 9.59 Å². The smallest absolute Gasteiger partial charge is 0.347 e. The Labute approximate surface area is 179 Å². The number of hydrogen-bond donors (Lipinski definition) is 1. The summed E-state index contributed by atoms with van der Waals surface area (Å²) < 4.78 is 39.8. The van der Waals surface area contributed by atoms with Crippen molar-refractivity contribution in [3.63, 3.8) is 0 Å². The summed E-state index contributed by atoms with van der Waals surface area (Å²) in [5.74, 6) is -0.581. The third-order valence-electron chi connectivity index (χ3n) is 6.19. The van der Waals surface area contributed by atoms with Crippen LogP contribution in [0.5, 0.6) is 0 Å². The summed E-state index contributed by atoms with van der Waals surface area (Å²) in [6.45, 7) is 0.719. The number of hydrogen-bond acceptors (Lipinski definition) is 2. The van der Waals surface area contributed by atoms with Crippen molar-refractivity contribution >= 4 is 11.8 Å². The molecule has 7 heteroatoms. The van der Waals surface area contributed by atoms with E-state index in [0.717, 1.165) is 42.5 Å². The van der Waals surface area contributed by atoms with E-state index in [9.17, 15) is 22.8 Å². The van der Waals surface area contributed by atoms with Crippen LogP contribution < -0.4 is 5.32 Å². The van der Waals surface area contributed by atoms with Crippen LogP contribution in [0.3, 0.4) is 0 Å². The van der Waals surface area contributed by atoms with E-state index in [1.807, 2.05) is 24.3 Å². The average Bonchev–Trinajstić information content (AvgIpc) is 3.16. The first kappa shape index (κ1) is 21.4. The topological polar surface area (TPSA) is 49.4 Å². The molecular weight excluding hydrogens is 405 g/mol. The molecule has 1 N–H and O–H groups in total. The zero-order valence-electron chi connectivity index (χ0n) is 17.1. The van der Waals surface area contributed by atoms with Crippen LogP contribution in [-0.2, 0) is 22.2 Å². The minimum atomic E-state index is -4.48. The Bertz CT molecular complexity index is 973. The highest BCUT2D eigenvalue weighted by atomic mass is 19.4. The second kappa shape index (κ2) is 8.73. The Morgan fingerprint density at radius 1 is 1.10 bits per heavy atom. The van der Waals surface area contributed by atoms with Crippen LogP contribution in [0.1, 0.15) is 59.9 Å². The zero-order chi connectivity index (χ0) is 22.0. The first-order chi connectivity index (χ1) is 14.8. The molecule has 1 saturated heterocycles. The molecule has 164 valence electrons. The lowest BCUT2D eigenvalue weighted by Gasteiger charge is -2.29. The molecule has 1 aliphatic carbocycles. The van der Waals surface area contributed by atoms with Gasteiger partial charge in [0, 0.05) is 19.5 Å². The second-order valence-electron chi connectivity index (χ2n) is 8.27. The van der Waals surface area contributed by atoms with Crippen LogP contribution in [0.15, 0.2) is 48.5 Å². The number of carbonyl (C=O) groups is 2. The summed E-state index contributed by atoms with van der Waals surface area (Å²) in [6, 6.07) is 12.1. The van der Waals surface area contributed by atoms with Crippen LogP contribution in [0.2, 0.25) is 0 Å². The van der Waals surface area contributed by atoms with Crippen molar-refractivity contribution in [1.82, 2.24) is 10.2 Å². The first-order valence-electron chi connectivity index (χ1n) is 10.7. The van der Waals surface area contributed by atoms with Crippen LogP contribution in [-0.4, -0.2) is 29.8 Å². The van der Waals surface area contributed by atoms with Gasteiger partial charge in [-0.2, -0.15) is 13.2 Å². The van der Waals surface area contributed by atoms with Crippen LogP contribution in [0, 0.1) is 0 Å². The minimum absolute atomic E-state index is 0.0331. The highest BCUT2D eigenvalue weighted by Gasteiger charge is 2.33. The van der Waals surface area contributed by atoms with E-state index in [2.05, 4.69) is 5.32 Å². The Morgan fingerprint density at radius 2 is 1.90 bits per heavy atom. The maximum Gasteiger partial charge on any atom is 0.416 e. The number of aryl methyl sites for hydroxylation is 1. The highest BCUT2D eigenvalue weighted by molar-refractivity contribution is 5.85. The van der Waals surface area contributed by atoms with Crippen molar-refractivity contribution in [2.45, 2.75) is 50.2 Å². The Hall–Kier alpha value is -2.83. The van der Waals surface area contributed by atoms with Crippen molar-refractivity contribution < 1.29 is 22.8 Å². The van der Waals surface area contributed by atoms with Crippen LogP contribution in [0.25, 0.3) is 0 Å². The molecule has 31 heavy (non-hydrogen) atoms. The van der Waals surface area contributed by atoms with Gasteiger partial charge in [-0.1, -0.05) is 36.4 Å². The van der Waals surface area contributed by atoms with E-state index in [4.69, 9.17) is 0 Å². The standard InChI is InChI=1S/C24H25F3N2O2/c25-24(26,27)18-9-3-8-17(14-18)21(15-29-13-5-12-22(29)30)28-23(31)20-11-4-7-16-6-1-2-10-19(16)20/h1-3,6,8-10,14,20-21H,4-5,7,11-13,15H2,(H,28,31). The van der Waals surface area contributed by atoms with Gasteiger partial charge in [0.25, 0.3) is 0 Å². The lowest BCUT2D eigenvalue weighted by molar-refractivity contribution is -0.137. The quantitative estimate of drug-likeness (QED) is 0.754. The first-order valence-corrected chi connectivity index (χ1v) is 10.7. The SMILES string of the molecule is O=C(NC(CN1CCCC1=O)c1cccc(C(F)(F)F)c1)C1CCCc2ccccc21. The average molecular weight is 430 g/mol. The fraction of sp³-hybridized carbons (Fsp3) is 0.417. The number of likely N-dealkylation sites (tertiary alicyclic amines) is 1. The Kier molecular flexibility index (Phi) is 6.03. The third-order valence-corrected chi connectivity index (χ3v) is 6.19. The van der Waals surface area contributed by atoms with E-state index in [0.29, 0.717) is 24.9 Å². The van der Waals surface area contributed by atoms with E-state index in [1.54, 1.807) is 11.0 Å². The summed E-state index contributed by atoms with van der Waals surface area (Å²) >= 11 is 0. The van der Waals surface area contributed by atoms with Gasteiger partial charge < -0.3 is 10.2 Å². The molecule has 0 radical (unpaired) electrons. The van der Waals surface area contributed by atoms with Gasteiger partial charge in [-0.05, 0) is 54.5 Å². The largest absolute Gasteiger partial charge is 0.416 e.